The van der Waals surface area contributed by atoms with Gasteiger partial charge in [-0.25, -0.2) is 4.98 Å². The van der Waals surface area contributed by atoms with E-state index in [9.17, 15) is 4.79 Å². The summed E-state index contributed by atoms with van der Waals surface area (Å²) in [5, 5.41) is 9.10. The van der Waals surface area contributed by atoms with E-state index < -0.39 is 11.2 Å². The van der Waals surface area contributed by atoms with Crippen LogP contribution in [0, 0.1) is 0 Å². The zero-order valence-electron chi connectivity index (χ0n) is 8.64. The lowest BCUT2D eigenvalue weighted by atomic mass is 10.3. The lowest BCUT2D eigenvalue weighted by molar-refractivity contribution is -0.136. The Kier molecular flexibility index (Phi) is 4.42. The van der Waals surface area contributed by atoms with Gasteiger partial charge in [0.1, 0.15) is 10.3 Å². The van der Waals surface area contributed by atoms with Crippen molar-refractivity contribution < 1.29 is 14.6 Å². The van der Waals surface area contributed by atoms with Crippen LogP contribution in [0.2, 0.25) is 0 Å². The van der Waals surface area contributed by atoms with Crippen LogP contribution < -0.4 is 4.74 Å². The molecule has 0 spiro atoms. The third-order valence-corrected chi connectivity index (χ3v) is 3.10. The van der Waals surface area contributed by atoms with Crippen LogP contribution in [-0.2, 0) is 4.79 Å². The van der Waals surface area contributed by atoms with E-state index in [1.54, 1.807) is 18.2 Å². The maximum absolute atomic E-state index is 10.8. The van der Waals surface area contributed by atoms with Gasteiger partial charge in [0.2, 0.25) is 5.88 Å². The van der Waals surface area contributed by atoms with E-state index in [-0.39, 0.29) is 0 Å². The normalized spacial score (nSPS) is 12.1. The topological polar surface area (TPSA) is 59.4 Å². The Morgan fingerprint density at radius 2 is 2.40 bits per heavy atom. The molecule has 0 radical (unpaired) electrons. The van der Waals surface area contributed by atoms with Gasteiger partial charge in [-0.3, -0.25) is 4.79 Å². The monoisotopic (exact) mass is 227 g/mol. The molecule has 0 aliphatic heterocycles. The van der Waals surface area contributed by atoms with Crippen LogP contribution in [0.25, 0.3) is 0 Å². The van der Waals surface area contributed by atoms with E-state index >= 15 is 0 Å². The summed E-state index contributed by atoms with van der Waals surface area (Å²) in [6.07, 6.45) is 0.568. The molecule has 15 heavy (non-hydrogen) atoms. The second-order valence-electron chi connectivity index (χ2n) is 2.87. The second-order valence-corrected chi connectivity index (χ2v) is 4.09. The first-order valence-electron chi connectivity index (χ1n) is 4.58. The Labute approximate surface area is 92.7 Å². The van der Waals surface area contributed by atoms with Crippen LogP contribution in [-0.4, -0.2) is 28.4 Å². The molecule has 4 nitrogen and oxygen atoms in total. The van der Waals surface area contributed by atoms with Crippen molar-refractivity contribution in [3.8, 4) is 5.88 Å². The van der Waals surface area contributed by atoms with Gasteiger partial charge < -0.3 is 9.84 Å². The highest BCUT2D eigenvalue weighted by molar-refractivity contribution is 8.00. The molecule has 0 aliphatic rings. The van der Waals surface area contributed by atoms with Crippen LogP contribution in [0.3, 0.4) is 0 Å². The fourth-order valence-corrected chi connectivity index (χ4v) is 1.89. The van der Waals surface area contributed by atoms with Crippen molar-refractivity contribution in [3.05, 3.63) is 18.2 Å². The van der Waals surface area contributed by atoms with Crippen LogP contribution in [0.5, 0.6) is 5.88 Å². The number of ether oxygens (including phenoxy) is 1. The molecular formula is C10H13NO3S. The number of carbonyl (C=O) groups is 1. The number of rotatable bonds is 5. The number of methoxy groups -OCH3 is 1. The number of pyridine rings is 1. The zero-order valence-corrected chi connectivity index (χ0v) is 9.45. The minimum atomic E-state index is -0.813. The Morgan fingerprint density at radius 1 is 1.67 bits per heavy atom. The lowest BCUT2D eigenvalue weighted by Gasteiger charge is -2.08. The summed E-state index contributed by atoms with van der Waals surface area (Å²) >= 11 is 1.24. The smallest absolute Gasteiger partial charge is 0.317 e. The molecule has 1 atom stereocenters. The molecule has 1 aromatic rings. The van der Waals surface area contributed by atoms with Crippen molar-refractivity contribution in [1.29, 1.82) is 0 Å². The molecule has 0 aliphatic carbocycles. The van der Waals surface area contributed by atoms with Crippen molar-refractivity contribution in [2.24, 2.45) is 0 Å². The molecular weight excluding hydrogens is 214 g/mol. The van der Waals surface area contributed by atoms with Gasteiger partial charge in [-0.05, 0) is 12.5 Å². The highest BCUT2D eigenvalue weighted by atomic mass is 32.2. The molecule has 1 aromatic heterocycles. The second kappa shape index (κ2) is 5.60. The number of nitrogens with zero attached hydrogens (tertiary/aromatic N) is 1. The van der Waals surface area contributed by atoms with Gasteiger partial charge >= 0.3 is 5.97 Å². The van der Waals surface area contributed by atoms with Gasteiger partial charge in [-0.15, -0.1) is 0 Å². The number of hydrogen-bond donors (Lipinski definition) is 1. The van der Waals surface area contributed by atoms with Gasteiger partial charge in [0.25, 0.3) is 0 Å². The van der Waals surface area contributed by atoms with Gasteiger partial charge in [-0.1, -0.05) is 24.8 Å². The summed E-state index contributed by atoms with van der Waals surface area (Å²) in [5.74, 6) is -0.313. The van der Waals surface area contributed by atoms with Crippen LogP contribution >= 0.6 is 11.8 Å². The lowest BCUT2D eigenvalue weighted by Crippen LogP contribution is -2.14. The highest BCUT2D eigenvalue weighted by Crippen LogP contribution is 2.25. The fraction of sp³-hybridized carbons (Fsp3) is 0.400. The number of carboxylic acids is 1. The Bertz CT molecular complexity index is 343. The predicted octanol–water partition coefficient (Wildman–Crippen LogP) is 2.05. The maximum atomic E-state index is 10.8. The molecule has 1 N–H and O–H groups in total. The van der Waals surface area contributed by atoms with Crippen molar-refractivity contribution in [3.63, 3.8) is 0 Å². The molecule has 0 saturated heterocycles. The summed E-state index contributed by atoms with van der Waals surface area (Å²) in [4.78, 5) is 14.9. The summed E-state index contributed by atoms with van der Waals surface area (Å²) in [6, 6.07) is 5.30. The third kappa shape index (κ3) is 3.43. The third-order valence-electron chi connectivity index (χ3n) is 1.82. The highest BCUT2D eigenvalue weighted by Gasteiger charge is 2.17. The molecule has 1 heterocycles. The summed E-state index contributed by atoms with van der Waals surface area (Å²) in [7, 11) is 1.53. The van der Waals surface area contributed by atoms with Crippen LogP contribution in [0.15, 0.2) is 23.2 Å². The van der Waals surface area contributed by atoms with E-state index in [1.807, 2.05) is 6.92 Å². The van der Waals surface area contributed by atoms with Gasteiger partial charge in [0, 0.05) is 6.07 Å². The molecule has 0 fully saturated rings. The largest absolute Gasteiger partial charge is 0.481 e. The predicted molar refractivity (Wildman–Crippen MR) is 58.4 cm³/mol. The van der Waals surface area contributed by atoms with E-state index in [0.29, 0.717) is 17.3 Å². The number of hydrogen-bond acceptors (Lipinski definition) is 4. The van der Waals surface area contributed by atoms with Crippen LogP contribution in [0.4, 0.5) is 0 Å². The van der Waals surface area contributed by atoms with E-state index in [2.05, 4.69) is 4.98 Å². The van der Waals surface area contributed by atoms with Crippen molar-refractivity contribution in [1.82, 2.24) is 4.98 Å². The Morgan fingerprint density at radius 3 is 2.93 bits per heavy atom. The molecule has 1 rings (SSSR count). The number of thioether (sulfide) groups is 1. The standard InChI is InChI=1S/C10H13NO3S/c1-3-7(10(12)13)15-9-6-4-5-8(11-9)14-2/h4-7H,3H2,1-2H3,(H,12,13). The number of carboxylic acid groups (broad SMARTS) is 1. The van der Waals surface area contributed by atoms with Gasteiger partial charge in [0.15, 0.2) is 0 Å². The Hall–Kier alpha value is -1.23. The minimum absolute atomic E-state index is 0.454. The molecule has 0 bridgehead atoms. The first kappa shape index (κ1) is 11.8. The fourth-order valence-electron chi connectivity index (χ4n) is 1.03. The van der Waals surface area contributed by atoms with Crippen molar-refractivity contribution >= 4 is 17.7 Å². The summed E-state index contributed by atoms with van der Waals surface area (Å²) in [5.41, 5.74) is 0. The average Bonchev–Trinajstić information content (AvgIpc) is 2.25. The summed E-state index contributed by atoms with van der Waals surface area (Å²) in [6.45, 7) is 1.84. The molecule has 0 amide bonds. The van der Waals surface area contributed by atoms with Crippen LogP contribution in [0.1, 0.15) is 13.3 Å². The SMILES string of the molecule is CCC(Sc1cccc(OC)n1)C(=O)O. The molecule has 5 heteroatoms. The van der Waals surface area contributed by atoms with E-state index in [1.165, 1.54) is 18.9 Å². The number of aromatic nitrogens is 1. The number of aliphatic carboxylic acids is 1. The molecule has 0 aromatic carbocycles. The molecule has 1 unspecified atom stereocenters. The van der Waals surface area contributed by atoms with Crippen molar-refractivity contribution in [2.75, 3.05) is 7.11 Å². The average molecular weight is 227 g/mol. The zero-order chi connectivity index (χ0) is 11.3. The first-order valence-corrected chi connectivity index (χ1v) is 5.45. The summed E-state index contributed by atoms with van der Waals surface area (Å²) < 4.78 is 4.96. The first-order chi connectivity index (χ1) is 7.17. The maximum Gasteiger partial charge on any atom is 0.317 e. The van der Waals surface area contributed by atoms with E-state index in [4.69, 9.17) is 9.84 Å². The van der Waals surface area contributed by atoms with E-state index in [0.717, 1.165) is 0 Å². The van der Waals surface area contributed by atoms with Gasteiger partial charge in [0.05, 0.1) is 7.11 Å². The quantitative estimate of drug-likeness (QED) is 0.780. The molecule has 0 saturated carbocycles. The molecule has 82 valence electrons. The van der Waals surface area contributed by atoms with Gasteiger partial charge in [-0.2, -0.15) is 0 Å². The Balaban J connectivity index is 2.74. The minimum Gasteiger partial charge on any atom is -0.481 e. The van der Waals surface area contributed by atoms with Crippen molar-refractivity contribution in [2.45, 2.75) is 23.6 Å².